The molecule has 0 saturated heterocycles. The molecule has 20 heavy (non-hydrogen) atoms. The Kier molecular flexibility index (Phi) is 5.95. The van der Waals surface area contributed by atoms with Crippen LogP contribution in [0.3, 0.4) is 0 Å². The maximum atomic E-state index is 13.5. The number of hydrogen-bond donors (Lipinski definition) is 2. The fraction of sp³-hybridized carbons (Fsp3) is 0.417. The van der Waals surface area contributed by atoms with Crippen LogP contribution in [0, 0.1) is 17.1 Å². The molecule has 0 heterocycles. The number of rotatable bonds is 6. The topological polar surface area (TPSA) is 90.2 Å². The van der Waals surface area contributed by atoms with Crippen LogP contribution in [0.2, 0.25) is 0 Å². The molecule has 2 N–H and O–H groups in total. The highest BCUT2D eigenvalue weighted by molar-refractivity contribution is 7.99. The van der Waals surface area contributed by atoms with Crippen LogP contribution < -0.4 is 4.72 Å². The zero-order valence-electron chi connectivity index (χ0n) is 11.0. The summed E-state index contributed by atoms with van der Waals surface area (Å²) in [5.74, 6) is -0.883. The van der Waals surface area contributed by atoms with Gasteiger partial charge >= 0.3 is 0 Å². The zero-order valence-corrected chi connectivity index (χ0v) is 12.6. The molecule has 1 aromatic carbocycles. The molecule has 0 fully saturated rings. The molecule has 0 aliphatic heterocycles. The molecular formula is C12H15FN2O3S2. The van der Waals surface area contributed by atoms with Gasteiger partial charge in [0, 0.05) is 11.3 Å². The summed E-state index contributed by atoms with van der Waals surface area (Å²) in [6.07, 6.45) is 1.74. The van der Waals surface area contributed by atoms with Gasteiger partial charge in [-0.05, 0) is 25.3 Å². The molecule has 1 rings (SSSR count). The quantitative estimate of drug-likeness (QED) is 0.819. The highest BCUT2D eigenvalue weighted by Crippen LogP contribution is 2.19. The van der Waals surface area contributed by atoms with E-state index in [1.54, 1.807) is 19.2 Å². The van der Waals surface area contributed by atoms with Crippen LogP contribution >= 0.6 is 11.8 Å². The second kappa shape index (κ2) is 7.04. The lowest BCUT2D eigenvalue weighted by Gasteiger charge is -2.21. The molecule has 0 bridgehead atoms. The highest BCUT2D eigenvalue weighted by Gasteiger charge is 2.26. The smallest absolute Gasteiger partial charge is 0.242 e. The van der Waals surface area contributed by atoms with Crippen molar-refractivity contribution in [3.63, 3.8) is 0 Å². The van der Waals surface area contributed by atoms with E-state index in [9.17, 15) is 12.8 Å². The van der Waals surface area contributed by atoms with E-state index >= 15 is 0 Å². The maximum Gasteiger partial charge on any atom is 0.242 e. The molecular weight excluding hydrogens is 303 g/mol. The minimum Gasteiger partial charge on any atom is -0.395 e. The molecule has 0 radical (unpaired) electrons. The molecule has 0 aliphatic rings. The van der Waals surface area contributed by atoms with E-state index in [0.29, 0.717) is 0 Å². The lowest BCUT2D eigenvalue weighted by atomic mass is 10.2. The van der Waals surface area contributed by atoms with Gasteiger partial charge in [-0.1, -0.05) is 6.07 Å². The Hall–Kier alpha value is -1.14. The number of benzene rings is 1. The van der Waals surface area contributed by atoms with Gasteiger partial charge in [0.1, 0.15) is 22.3 Å². The number of halogens is 1. The van der Waals surface area contributed by atoms with Crippen LogP contribution in [0.15, 0.2) is 23.1 Å². The summed E-state index contributed by atoms with van der Waals surface area (Å²) in [5.41, 5.74) is -0.517. The summed E-state index contributed by atoms with van der Waals surface area (Å²) in [4.78, 5) is -0.398. The second-order valence-electron chi connectivity index (χ2n) is 4.09. The lowest BCUT2D eigenvalue weighted by Crippen LogP contribution is -2.41. The van der Waals surface area contributed by atoms with Gasteiger partial charge in [0.15, 0.2) is 0 Å². The first-order valence-electron chi connectivity index (χ1n) is 5.72. The number of sulfonamides is 1. The van der Waals surface area contributed by atoms with Crippen LogP contribution in [0.4, 0.5) is 4.39 Å². The van der Waals surface area contributed by atoms with E-state index in [1.807, 2.05) is 0 Å². The third kappa shape index (κ3) is 3.70. The molecule has 0 aromatic heterocycles. The van der Waals surface area contributed by atoms with Crippen molar-refractivity contribution in [3.05, 3.63) is 29.6 Å². The van der Waals surface area contributed by atoms with Gasteiger partial charge in [-0.2, -0.15) is 17.0 Å². The van der Waals surface area contributed by atoms with Gasteiger partial charge in [-0.3, -0.25) is 0 Å². The van der Waals surface area contributed by atoms with E-state index < -0.39 is 32.3 Å². The monoisotopic (exact) mass is 318 g/mol. The molecule has 0 saturated carbocycles. The maximum absolute atomic E-state index is 13.5. The molecule has 0 amide bonds. The number of aliphatic hydroxyl groups excluding tert-OH is 1. The predicted molar refractivity (Wildman–Crippen MR) is 75.3 cm³/mol. The molecule has 2 unspecified atom stereocenters. The number of aliphatic hydroxyl groups is 1. The Morgan fingerprint density at radius 3 is 2.70 bits per heavy atom. The third-order valence-corrected chi connectivity index (χ3v) is 5.52. The van der Waals surface area contributed by atoms with Crippen LogP contribution in [0.1, 0.15) is 12.5 Å². The summed E-state index contributed by atoms with van der Waals surface area (Å²) in [7, 11) is -4.03. The predicted octanol–water partition coefficient (Wildman–Crippen LogP) is 1.09. The lowest BCUT2D eigenvalue weighted by molar-refractivity contribution is 0.282. The summed E-state index contributed by atoms with van der Waals surface area (Å²) in [6, 6.07) is 4.42. The minimum atomic E-state index is -4.03. The molecule has 0 spiro atoms. The fourth-order valence-electron chi connectivity index (χ4n) is 1.66. The third-order valence-electron chi connectivity index (χ3n) is 2.76. The van der Waals surface area contributed by atoms with Crippen LogP contribution in [0.25, 0.3) is 0 Å². The second-order valence-corrected chi connectivity index (χ2v) is 6.85. The van der Waals surface area contributed by atoms with Crippen molar-refractivity contribution in [2.45, 2.75) is 23.1 Å². The number of nitriles is 1. The van der Waals surface area contributed by atoms with Crippen molar-refractivity contribution in [2.24, 2.45) is 0 Å². The highest BCUT2D eigenvalue weighted by atomic mass is 32.2. The fourth-order valence-corrected chi connectivity index (χ4v) is 3.82. The number of thioether (sulfide) groups is 1. The summed E-state index contributed by atoms with van der Waals surface area (Å²) in [5, 5.41) is 17.7. The standard InChI is InChI=1S/C12H15FN2O3S2/c1-8(11(7-16)19-2)15-20(17,18)12-5-3-4-10(13)9(12)6-14/h3-5,8,11,15-16H,7H2,1-2H3. The van der Waals surface area contributed by atoms with Crippen molar-refractivity contribution >= 4 is 21.8 Å². The number of hydrogen-bond acceptors (Lipinski definition) is 5. The SMILES string of the molecule is CSC(CO)C(C)NS(=O)(=O)c1cccc(F)c1C#N. The van der Waals surface area contributed by atoms with E-state index in [2.05, 4.69) is 4.72 Å². The molecule has 5 nitrogen and oxygen atoms in total. The van der Waals surface area contributed by atoms with E-state index in [-0.39, 0.29) is 11.9 Å². The van der Waals surface area contributed by atoms with Gasteiger partial charge in [0.2, 0.25) is 10.0 Å². The summed E-state index contributed by atoms with van der Waals surface area (Å²) >= 11 is 1.31. The Morgan fingerprint density at radius 2 is 2.20 bits per heavy atom. The molecule has 110 valence electrons. The van der Waals surface area contributed by atoms with Crippen molar-refractivity contribution < 1.29 is 17.9 Å². The summed E-state index contributed by atoms with van der Waals surface area (Å²) in [6.45, 7) is 1.40. The van der Waals surface area contributed by atoms with Gasteiger partial charge < -0.3 is 5.11 Å². The Labute approximate surface area is 121 Å². The Balaban J connectivity index is 3.13. The average Bonchev–Trinajstić information content (AvgIpc) is 2.39. The molecule has 2 atom stereocenters. The number of nitrogens with zero attached hydrogens (tertiary/aromatic N) is 1. The van der Waals surface area contributed by atoms with E-state index in [1.165, 1.54) is 23.9 Å². The van der Waals surface area contributed by atoms with Gasteiger partial charge in [0.25, 0.3) is 0 Å². The van der Waals surface area contributed by atoms with Gasteiger partial charge in [0.05, 0.1) is 6.61 Å². The van der Waals surface area contributed by atoms with Crippen molar-refractivity contribution in [2.75, 3.05) is 12.9 Å². The van der Waals surface area contributed by atoms with Crippen molar-refractivity contribution in [1.29, 1.82) is 5.26 Å². The zero-order chi connectivity index (χ0) is 15.3. The van der Waals surface area contributed by atoms with Crippen molar-refractivity contribution in [1.82, 2.24) is 4.72 Å². The molecule has 1 aromatic rings. The van der Waals surface area contributed by atoms with E-state index in [0.717, 1.165) is 6.07 Å². The van der Waals surface area contributed by atoms with Crippen LogP contribution in [-0.2, 0) is 10.0 Å². The normalized spacial score (nSPS) is 14.6. The van der Waals surface area contributed by atoms with Crippen molar-refractivity contribution in [3.8, 4) is 6.07 Å². The molecule has 0 aliphatic carbocycles. The molecule has 8 heteroatoms. The first-order chi connectivity index (χ1) is 9.37. The first kappa shape index (κ1) is 16.9. The van der Waals surface area contributed by atoms with Gasteiger partial charge in [-0.25, -0.2) is 17.5 Å². The largest absolute Gasteiger partial charge is 0.395 e. The van der Waals surface area contributed by atoms with E-state index in [4.69, 9.17) is 10.4 Å². The minimum absolute atomic E-state index is 0.195. The Morgan fingerprint density at radius 1 is 1.55 bits per heavy atom. The van der Waals surface area contributed by atoms with Crippen LogP contribution in [0.5, 0.6) is 0 Å². The average molecular weight is 318 g/mol. The Bertz CT molecular complexity index is 610. The van der Waals surface area contributed by atoms with Crippen LogP contribution in [-0.4, -0.2) is 37.7 Å². The van der Waals surface area contributed by atoms with Gasteiger partial charge in [-0.15, -0.1) is 0 Å². The number of nitrogens with one attached hydrogen (secondary N) is 1. The summed E-state index contributed by atoms with van der Waals surface area (Å²) < 4.78 is 40.2. The first-order valence-corrected chi connectivity index (χ1v) is 8.49.